The molecule has 0 fully saturated rings. The van der Waals surface area contributed by atoms with E-state index in [1.165, 1.54) is 66.7 Å². The molecule has 40 heavy (non-hydrogen) atoms. The normalized spacial score (nSPS) is 10.5. The Bertz CT molecular complexity index is 1510. The number of rotatable bonds is 11. The van der Waals surface area contributed by atoms with E-state index in [0.717, 1.165) is 6.20 Å². The first-order valence-electron chi connectivity index (χ1n) is 11.5. The van der Waals surface area contributed by atoms with E-state index in [-0.39, 0.29) is 46.2 Å². The highest BCUT2D eigenvalue weighted by Gasteiger charge is 2.22. The number of nitro benzene ring substituents is 2. The van der Waals surface area contributed by atoms with Crippen LogP contribution in [0.2, 0.25) is 0 Å². The van der Waals surface area contributed by atoms with Gasteiger partial charge in [0.05, 0.1) is 26.0 Å². The summed E-state index contributed by atoms with van der Waals surface area (Å²) in [7, 11) is 0. The average molecular weight is 545 g/mol. The summed E-state index contributed by atoms with van der Waals surface area (Å²) in [5.41, 5.74) is 0.244. The predicted octanol–water partition coefficient (Wildman–Crippen LogP) is 4.76. The lowest BCUT2D eigenvalue weighted by molar-refractivity contribution is -0.385. The standard InChI is InChI=1S/C25H19N7O8/c33-25(34)23-20(15-1-5-17(6-2-15)30(35)36)13-22(29-24(23)16-3-7-18(8-4-16)31(37)38)27-12-11-26-21-10-9-19(14-28-21)32(39)40/h1-10,13-14H,11-12H2,(H,26,28)(H,27,29)(H,33,34). The molecule has 0 spiro atoms. The van der Waals surface area contributed by atoms with Crippen LogP contribution in [0, 0.1) is 30.3 Å². The fraction of sp³-hybridized carbons (Fsp3) is 0.0800. The summed E-state index contributed by atoms with van der Waals surface area (Å²) in [4.78, 5) is 52.1. The number of nitrogens with one attached hydrogen (secondary N) is 2. The van der Waals surface area contributed by atoms with Crippen LogP contribution in [0.4, 0.5) is 28.7 Å². The van der Waals surface area contributed by atoms with E-state index >= 15 is 0 Å². The first-order valence-corrected chi connectivity index (χ1v) is 11.5. The van der Waals surface area contributed by atoms with Crippen molar-refractivity contribution in [3.8, 4) is 22.4 Å². The lowest BCUT2D eigenvalue weighted by atomic mass is 9.95. The van der Waals surface area contributed by atoms with Crippen LogP contribution in [-0.4, -0.2) is 48.9 Å². The van der Waals surface area contributed by atoms with E-state index in [9.17, 15) is 40.2 Å². The van der Waals surface area contributed by atoms with E-state index in [1.54, 1.807) is 0 Å². The number of hydrogen-bond acceptors (Lipinski definition) is 11. The fourth-order valence-corrected chi connectivity index (χ4v) is 3.77. The first kappa shape index (κ1) is 27.1. The maximum absolute atomic E-state index is 12.4. The second kappa shape index (κ2) is 11.6. The molecule has 0 aliphatic heterocycles. The number of non-ortho nitro benzene ring substituents is 2. The molecule has 0 unspecified atom stereocenters. The number of anilines is 2. The van der Waals surface area contributed by atoms with E-state index in [0.29, 0.717) is 23.5 Å². The Balaban J connectivity index is 1.67. The van der Waals surface area contributed by atoms with Crippen LogP contribution >= 0.6 is 0 Å². The van der Waals surface area contributed by atoms with E-state index < -0.39 is 20.7 Å². The van der Waals surface area contributed by atoms with Crippen molar-refractivity contribution in [1.29, 1.82) is 0 Å². The molecule has 2 heterocycles. The van der Waals surface area contributed by atoms with E-state index in [2.05, 4.69) is 20.6 Å². The largest absolute Gasteiger partial charge is 0.478 e. The number of nitro groups is 3. The molecule has 0 aliphatic carbocycles. The fourth-order valence-electron chi connectivity index (χ4n) is 3.77. The number of pyridine rings is 2. The van der Waals surface area contributed by atoms with Crippen molar-refractivity contribution in [2.45, 2.75) is 0 Å². The van der Waals surface area contributed by atoms with Crippen LogP contribution in [0.5, 0.6) is 0 Å². The minimum Gasteiger partial charge on any atom is -0.478 e. The van der Waals surface area contributed by atoms with Gasteiger partial charge in [0.25, 0.3) is 17.1 Å². The lowest BCUT2D eigenvalue weighted by Crippen LogP contribution is -2.16. The second-order valence-electron chi connectivity index (χ2n) is 8.20. The van der Waals surface area contributed by atoms with Crippen LogP contribution in [0.3, 0.4) is 0 Å². The molecule has 2 aromatic carbocycles. The summed E-state index contributed by atoms with van der Waals surface area (Å²) in [5, 5.41) is 49.1. The Labute approximate surface area is 224 Å². The molecule has 0 aliphatic rings. The number of benzene rings is 2. The van der Waals surface area contributed by atoms with Crippen molar-refractivity contribution in [3.05, 3.63) is 109 Å². The van der Waals surface area contributed by atoms with Crippen LogP contribution in [-0.2, 0) is 0 Å². The van der Waals surface area contributed by atoms with Gasteiger partial charge in [0.2, 0.25) is 0 Å². The van der Waals surface area contributed by atoms with Crippen molar-refractivity contribution >= 4 is 34.7 Å². The molecule has 3 N–H and O–H groups in total. The maximum atomic E-state index is 12.4. The summed E-state index contributed by atoms with van der Waals surface area (Å²) >= 11 is 0. The number of aromatic nitrogens is 2. The van der Waals surface area contributed by atoms with Crippen molar-refractivity contribution in [2.75, 3.05) is 23.7 Å². The van der Waals surface area contributed by atoms with Gasteiger partial charge in [0.15, 0.2) is 0 Å². The smallest absolute Gasteiger partial charge is 0.338 e. The van der Waals surface area contributed by atoms with Gasteiger partial charge in [-0.3, -0.25) is 30.3 Å². The zero-order valence-electron chi connectivity index (χ0n) is 20.4. The molecule has 4 aromatic rings. The van der Waals surface area contributed by atoms with E-state index in [4.69, 9.17) is 0 Å². The van der Waals surface area contributed by atoms with Gasteiger partial charge >= 0.3 is 5.97 Å². The number of carbonyl (C=O) groups is 1. The molecule has 2 aromatic heterocycles. The minimum absolute atomic E-state index is 0.0331. The highest BCUT2D eigenvalue weighted by Crippen LogP contribution is 2.35. The Morgan fingerprint density at radius 2 is 1.23 bits per heavy atom. The van der Waals surface area contributed by atoms with Gasteiger partial charge in [-0.05, 0) is 42.0 Å². The van der Waals surface area contributed by atoms with Crippen molar-refractivity contribution < 1.29 is 24.7 Å². The Hall–Kier alpha value is -5.99. The van der Waals surface area contributed by atoms with E-state index in [1.807, 2.05) is 0 Å². The third kappa shape index (κ3) is 6.10. The van der Waals surface area contributed by atoms with Gasteiger partial charge in [-0.25, -0.2) is 14.8 Å². The number of hydrogen-bond donors (Lipinski definition) is 3. The molecule has 0 saturated heterocycles. The third-order valence-corrected chi connectivity index (χ3v) is 5.67. The molecule has 15 heteroatoms. The summed E-state index contributed by atoms with van der Waals surface area (Å²) in [6.45, 7) is 0.588. The maximum Gasteiger partial charge on any atom is 0.338 e. The molecule has 0 bridgehead atoms. The summed E-state index contributed by atoms with van der Waals surface area (Å²) in [5.74, 6) is -0.642. The number of carboxylic acid groups (broad SMARTS) is 1. The summed E-state index contributed by atoms with van der Waals surface area (Å²) < 4.78 is 0. The molecule has 4 rings (SSSR count). The highest BCUT2D eigenvalue weighted by molar-refractivity contribution is 6.02. The van der Waals surface area contributed by atoms with Crippen LogP contribution in [0.15, 0.2) is 72.9 Å². The van der Waals surface area contributed by atoms with Crippen molar-refractivity contribution in [2.24, 2.45) is 0 Å². The van der Waals surface area contributed by atoms with Crippen LogP contribution in [0.1, 0.15) is 10.4 Å². The molecule has 15 nitrogen and oxygen atoms in total. The third-order valence-electron chi connectivity index (χ3n) is 5.67. The molecular weight excluding hydrogens is 526 g/mol. The number of nitrogens with zero attached hydrogens (tertiary/aromatic N) is 5. The molecule has 0 atom stereocenters. The van der Waals surface area contributed by atoms with Gasteiger partial charge in [-0.15, -0.1) is 0 Å². The van der Waals surface area contributed by atoms with Crippen LogP contribution < -0.4 is 10.6 Å². The summed E-state index contributed by atoms with van der Waals surface area (Å²) in [6.07, 6.45) is 1.12. The number of carboxylic acids is 1. The number of aromatic carboxylic acids is 1. The average Bonchev–Trinajstić information content (AvgIpc) is 2.95. The van der Waals surface area contributed by atoms with Gasteiger partial charge in [-0.1, -0.05) is 0 Å². The zero-order chi connectivity index (χ0) is 28.8. The quantitative estimate of drug-likeness (QED) is 0.132. The molecule has 0 saturated carbocycles. The predicted molar refractivity (Wildman–Crippen MR) is 143 cm³/mol. The van der Waals surface area contributed by atoms with Crippen molar-refractivity contribution in [1.82, 2.24) is 9.97 Å². The molecule has 202 valence electrons. The van der Waals surface area contributed by atoms with Gasteiger partial charge in [-0.2, -0.15) is 0 Å². The Morgan fingerprint density at radius 3 is 1.70 bits per heavy atom. The molecular formula is C25H19N7O8. The lowest BCUT2D eigenvalue weighted by Gasteiger charge is -2.16. The Morgan fingerprint density at radius 1 is 0.725 bits per heavy atom. The molecule has 0 radical (unpaired) electrons. The van der Waals surface area contributed by atoms with Gasteiger partial charge in [0.1, 0.15) is 17.8 Å². The monoisotopic (exact) mass is 545 g/mol. The second-order valence-corrected chi connectivity index (χ2v) is 8.20. The van der Waals surface area contributed by atoms with Crippen LogP contribution in [0.25, 0.3) is 22.4 Å². The molecule has 0 amide bonds. The van der Waals surface area contributed by atoms with Crippen molar-refractivity contribution in [3.63, 3.8) is 0 Å². The summed E-state index contributed by atoms with van der Waals surface area (Å²) in [6, 6.07) is 14.8. The Kier molecular flexibility index (Phi) is 7.84. The first-order chi connectivity index (χ1) is 19.1. The zero-order valence-corrected chi connectivity index (χ0v) is 20.4. The van der Waals surface area contributed by atoms with Gasteiger partial charge < -0.3 is 15.7 Å². The topological polar surface area (TPSA) is 217 Å². The SMILES string of the molecule is O=C(O)c1c(-c2ccc([N+](=O)[O-])cc2)cc(NCCNc2ccc([N+](=O)[O-])cn2)nc1-c1ccc([N+](=O)[O-])cc1. The minimum atomic E-state index is -1.31. The highest BCUT2D eigenvalue weighted by atomic mass is 16.6. The van der Waals surface area contributed by atoms with Gasteiger partial charge in [0, 0.05) is 54.5 Å².